The van der Waals surface area contributed by atoms with Crippen molar-refractivity contribution >= 4 is 39.9 Å². The third-order valence-corrected chi connectivity index (χ3v) is 8.46. The second-order valence-electron chi connectivity index (χ2n) is 10.4. The first kappa shape index (κ1) is 27.8. The van der Waals surface area contributed by atoms with Gasteiger partial charge in [-0.25, -0.2) is 14.8 Å². The van der Waals surface area contributed by atoms with Crippen molar-refractivity contribution in [2.75, 3.05) is 25.1 Å². The first-order chi connectivity index (χ1) is 20.5. The van der Waals surface area contributed by atoms with Crippen molar-refractivity contribution in [3.8, 4) is 10.6 Å². The van der Waals surface area contributed by atoms with Crippen molar-refractivity contribution in [2.24, 2.45) is 0 Å². The minimum atomic E-state index is -0.348. The molecule has 0 amide bonds. The number of anilines is 1. The van der Waals surface area contributed by atoms with Gasteiger partial charge in [0.1, 0.15) is 16.4 Å². The van der Waals surface area contributed by atoms with Crippen LogP contribution in [-0.4, -0.2) is 48.0 Å². The Morgan fingerprint density at radius 1 is 1.05 bits per heavy atom. The molecule has 42 heavy (non-hydrogen) atoms. The number of rotatable bonds is 9. The molecule has 0 atom stereocenters. The summed E-state index contributed by atoms with van der Waals surface area (Å²) in [6.45, 7) is 4.05. The first-order valence-corrected chi connectivity index (χ1v) is 14.8. The molecule has 6 rings (SSSR count). The lowest BCUT2D eigenvalue weighted by Crippen LogP contribution is -2.37. The number of hydrogen-bond donors (Lipinski definition) is 0. The number of aromatic nitrogens is 2. The number of Topliss-reactive ketones (excluding diaryl/α,β-unsaturated/α-hetero) is 1. The number of pyridine rings is 1. The average Bonchev–Trinajstić information content (AvgIpc) is 3.69. The Bertz CT molecular complexity index is 1700. The lowest BCUT2D eigenvalue weighted by atomic mass is 10.0. The molecule has 9 heteroatoms. The van der Waals surface area contributed by atoms with Gasteiger partial charge in [0, 0.05) is 53.8 Å². The Morgan fingerprint density at radius 2 is 1.90 bits per heavy atom. The SMILES string of the molecule is COC(=O)c1cccc(COC2CCN(c3ccc(CC(=O)c4oc5ccc(-c6nccs6)cc5c4C)cn3)CC2)c1. The molecule has 4 heterocycles. The van der Waals surface area contributed by atoms with E-state index in [1.54, 1.807) is 29.8 Å². The molecule has 0 N–H and O–H groups in total. The van der Waals surface area contributed by atoms with Crippen molar-refractivity contribution in [1.29, 1.82) is 0 Å². The monoisotopic (exact) mass is 581 g/mol. The highest BCUT2D eigenvalue weighted by Gasteiger charge is 2.22. The number of aryl methyl sites for hydroxylation is 1. The van der Waals surface area contributed by atoms with Gasteiger partial charge in [-0.3, -0.25) is 4.79 Å². The number of carbonyl (C=O) groups is 2. The van der Waals surface area contributed by atoms with Crippen LogP contribution in [0, 0.1) is 6.92 Å². The number of benzene rings is 2. The summed E-state index contributed by atoms with van der Waals surface area (Å²) in [7, 11) is 1.38. The predicted molar refractivity (Wildman–Crippen MR) is 162 cm³/mol. The smallest absolute Gasteiger partial charge is 0.337 e. The third-order valence-electron chi connectivity index (χ3n) is 7.64. The molecule has 0 unspecified atom stereocenters. The first-order valence-electron chi connectivity index (χ1n) is 13.9. The average molecular weight is 582 g/mol. The molecule has 0 radical (unpaired) electrons. The van der Waals surface area contributed by atoms with E-state index in [0.717, 1.165) is 64.4 Å². The van der Waals surface area contributed by atoms with E-state index < -0.39 is 0 Å². The highest BCUT2D eigenvalue weighted by atomic mass is 32.1. The predicted octanol–water partition coefficient (Wildman–Crippen LogP) is 6.66. The maximum absolute atomic E-state index is 13.2. The second-order valence-corrected chi connectivity index (χ2v) is 11.3. The van der Waals surface area contributed by atoms with Crippen LogP contribution in [0.5, 0.6) is 0 Å². The molecule has 214 valence electrons. The van der Waals surface area contributed by atoms with Crippen LogP contribution in [-0.2, 0) is 22.5 Å². The summed E-state index contributed by atoms with van der Waals surface area (Å²) in [5.41, 5.74) is 4.88. The summed E-state index contributed by atoms with van der Waals surface area (Å²) in [5, 5.41) is 3.82. The third kappa shape index (κ3) is 5.98. The highest BCUT2D eigenvalue weighted by Crippen LogP contribution is 2.31. The molecule has 0 spiro atoms. The van der Waals surface area contributed by atoms with E-state index in [0.29, 0.717) is 23.5 Å². The van der Waals surface area contributed by atoms with E-state index in [9.17, 15) is 9.59 Å². The molecule has 1 aliphatic heterocycles. The number of piperidine rings is 1. The molecule has 0 bridgehead atoms. The van der Waals surface area contributed by atoms with E-state index in [2.05, 4.69) is 14.9 Å². The number of ether oxygens (including phenoxy) is 2. The largest absolute Gasteiger partial charge is 0.465 e. The molecule has 2 aromatic carbocycles. The van der Waals surface area contributed by atoms with Gasteiger partial charge in [0.05, 0.1) is 25.4 Å². The summed E-state index contributed by atoms with van der Waals surface area (Å²) < 4.78 is 16.9. The van der Waals surface area contributed by atoms with Crippen LogP contribution in [0.15, 0.2) is 76.8 Å². The van der Waals surface area contributed by atoms with E-state index in [-0.39, 0.29) is 24.3 Å². The molecule has 1 fully saturated rings. The molecule has 8 nitrogen and oxygen atoms in total. The number of hydrogen-bond acceptors (Lipinski definition) is 9. The van der Waals surface area contributed by atoms with Crippen LogP contribution in [0.3, 0.4) is 0 Å². The maximum Gasteiger partial charge on any atom is 0.337 e. The number of esters is 1. The van der Waals surface area contributed by atoms with Crippen LogP contribution >= 0.6 is 11.3 Å². The molecule has 3 aromatic heterocycles. The van der Waals surface area contributed by atoms with Gasteiger partial charge in [0.25, 0.3) is 0 Å². The normalized spacial score (nSPS) is 13.9. The molecule has 5 aromatic rings. The number of methoxy groups -OCH3 is 1. The zero-order valence-electron chi connectivity index (χ0n) is 23.5. The number of thiazole rings is 1. The topological polar surface area (TPSA) is 94.8 Å². The zero-order valence-corrected chi connectivity index (χ0v) is 24.4. The Balaban J connectivity index is 1.03. The van der Waals surface area contributed by atoms with Gasteiger partial charge in [-0.2, -0.15) is 0 Å². The summed E-state index contributed by atoms with van der Waals surface area (Å²) >= 11 is 1.58. The number of carbonyl (C=O) groups excluding carboxylic acids is 2. The Labute approximate surface area is 247 Å². The number of ketones is 1. The second kappa shape index (κ2) is 12.3. The van der Waals surface area contributed by atoms with Crippen LogP contribution < -0.4 is 4.90 Å². The van der Waals surface area contributed by atoms with Gasteiger partial charge in [0.15, 0.2) is 5.76 Å². The summed E-state index contributed by atoms with van der Waals surface area (Å²) in [4.78, 5) is 36.3. The quantitative estimate of drug-likeness (QED) is 0.141. The molecule has 1 saturated heterocycles. The van der Waals surface area contributed by atoms with E-state index in [1.165, 1.54) is 7.11 Å². The van der Waals surface area contributed by atoms with E-state index in [1.807, 2.05) is 60.8 Å². The molecule has 0 aliphatic carbocycles. The van der Waals surface area contributed by atoms with E-state index >= 15 is 0 Å². The number of furan rings is 1. The van der Waals surface area contributed by atoms with Crippen LogP contribution in [0.2, 0.25) is 0 Å². The van der Waals surface area contributed by atoms with Crippen molar-refractivity contribution in [3.05, 3.63) is 100 Å². The number of fused-ring (bicyclic) bond motifs is 1. The highest BCUT2D eigenvalue weighted by molar-refractivity contribution is 7.13. The lowest BCUT2D eigenvalue weighted by molar-refractivity contribution is 0.0250. The fourth-order valence-electron chi connectivity index (χ4n) is 5.33. The van der Waals surface area contributed by atoms with Crippen molar-refractivity contribution in [3.63, 3.8) is 0 Å². The van der Waals surface area contributed by atoms with Gasteiger partial charge in [0.2, 0.25) is 5.78 Å². The standard InChI is InChI=1S/C33H31N3O5S/c1-21-27-18-24(32-34-12-15-42-32)7-8-29(27)41-31(21)28(37)17-22-6-9-30(35-19-22)36-13-10-26(11-14-36)40-20-23-4-3-5-25(16-23)33(38)39-2/h3-9,12,15-16,18-19,26H,10-11,13-14,17,20H2,1-2H3. The van der Waals surface area contributed by atoms with Crippen LogP contribution in [0.4, 0.5) is 5.82 Å². The van der Waals surface area contributed by atoms with Crippen LogP contribution in [0.25, 0.3) is 21.5 Å². The lowest BCUT2D eigenvalue weighted by Gasteiger charge is -2.32. The van der Waals surface area contributed by atoms with Gasteiger partial charge < -0.3 is 18.8 Å². The molecular weight excluding hydrogens is 550 g/mol. The van der Waals surface area contributed by atoms with Gasteiger partial charge in [-0.05, 0) is 67.3 Å². The Hall–Kier alpha value is -4.34. The van der Waals surface area contributed by atoms with Crippen molar-refractivity contribution in [2.45, 2.75) is 38.9 Å². The molecule has 0 saturated carbocycles. The molecule has 1 aliphatic rings. The van der Waals surface area contributed by atoms with Crippen molar-refractivity contribution in [1.82, 2.24) is 9.97 Å². The van der Waals surface area contributed by atoms with Gasteiger partial charge >= 0.3 is 5.97 Å². The van der Waals surface area contributed by atoms with Crippen LogP contribution in [0.1, 0.15) is 50.4 Å². The summed E-state index contributed by atoms with van der Waals surface area (Å²) in [6, 6.07) is 17.2. The minimum absolute atomic E-state index is 0.0656. The maximum atomic E-state index is 13.2. The van der Waals surface area contributed by atoms with Gasteiger partial charge in [-0.1, -0.05) is 18.2 Å². The Morgan fingerprint density at radius 3 is 2.64 bits per heavy atom. The number of nitrogens with zero attached hydrogens (tertiary/aromatic N) is 3. The molecular formula is C33H31N3O5S. The zero-order chi connectivity index (χ0) is 29.1. The summed E-state index contributed by atoms with van der Waals surface area (Å²) in [5.74, 6) is 0.873. The van der Waals surface area contributed by atoms with Gasteiger partial charge in [-0.15, -0.1) is 11.3 Å². The fourth-order valence-corrected chi connectivity index (χ4v) is 5.97. The Kier molecular flexibility index (Phi) is 8.12. The minimum Gasteiger partial charge on any atom is -0.465 e. The van der Waals surface area contributed by atoms with Crippen molar-refractivity contribution < 1.29 is 23.5 Å². The summed E-state index contributed by atoms with van der Waals surface area (Å²) in [6.07, 6.45) is 5.70. The fraction of sp³-hybridized carbons (Fsp3) is 0.273. The van der Waals surface area contributed by atoms with E-state index in [4.69, 9.17) is 13.9 Å².